The predicted molar refractivity (Wildman–Crippen MR) is 85.3 cm³/mol. The molecule has 0 bridgehead atoms. The maximum Gasteiger partial charge on any atom is 0.0997 e. The Morgan fingerprint density at radius 3 is 1.33 bits per heavy atom. The van der Waals surface area contributed by atoms with Crippen molar-refractivity contribution in [2.24, 2.45) is 0 Å². The monoisotopic (exact) mass is 250 g/mol. The summed E-state index contributed by atoms with van der Waals surface area (Å²) in [5.41, 5.74) is 2.36. The first-order chi connectivity index (χ1) is 8.74. The van der Waals surface area contributed by atoms with E-state index < -0.39 is 8.80 Å². The second kappa shape index (κ2) is 5.65. The van der Waals surface area contributed by atoms with Gasteiger partial charge in [-0.05, 0) is 11.1 Å². The highest BCUT2D eigenvalue weighted by atomic mass is 28.3. The van der Waals surface area contributed by atoms with Gasteiger partial charge in [-0.25, -0.2) is 0 Å². The molecule has 0 aliphatic rings. The number of hydrogen-bond acceptors (Lipinski definition) is 0. The molecule has 2 rings (SSSR count). The van der Waals surface area contributed by atoms with E-state index >= 15 is 0 Å². The van der Waals surface area contributed by atoms with E-state index in [1.165, 1.54) is 21.5 Å². The van der Waals surface area contributed by atoms with E-state index in [2.05, 4.69) is 68.2 Å². The molecule has 0 unspecified atom stereocenters. The molecule has 0 radical (unpaired) electrons. The smallest absolute Gasteiger partial charge is 0.0985 e. The molecule has 0 aliphatic heterocycles. The minimum atomic E-state index is -1.05. The van der Waals surface area contributed by atoms with E-state index in [9.17, 15) is 0 Å². The fraction of sp³-hybridized carbons (Fsp3) is 0.0588. The molecular formula is C17H18Si. The van der Waals surface area contributed by atoms with Gasteiger partial charge in [0.25, 0.3) is 0 Å². The Morgan fingerprint density at radius 1 is 0.722 bits per heavy atom. The van der Waals surface area contributed by atoms with Crippen LogP contribution in [0.2, 0.25) is 6.55 Å². The molecule has 0 spiro atoms. The molecule has 0 atom stereocenters. The molecule has 1 heteroatoms. The zero-order valence-electron chi connectivity index (χ0n) is 10.8. The van der Waals surface area contributed by atoms with E-state index in [-0.39, 0.29) is 0 Å². The maximum atomic E-state index is 3.78. The largest absolute Gasteiger partial charge is 0.0997 e. The zero-order chi connectivity index (χ0) is 13.0. The summed E-state index contributed by atoms with van der Waals surface area (Å²) in [6, 6.07) is 17.5. The molecule has 2 aromatic rings. The van der Waals surface area contributed by atoms with E-state index in [1.54, 1.807) is 0 Å². The lowest BCUT2D eigenvalue weighted by molar-refractivity contribution is 1.67. The van der Waals surface area contributed by atoms with Crippen molar-refractivity contribution in [2.45, 2.75) is 6.55 Å². The van der Waals surface area contributed by atoms with Crippen molar-refractivity contribution in [3.63, 3.8) is 0 Å². The van der Waals surface area contributed by atoms with E-state index in [1.807, 2.05) is 12.2 Å². The third-order valence-corrected chi connectivity index (χ3v) is 6.11. The highest BCUT2D eigenvalue weighted by molar-refractivity contribution is 6.84. The molecule has 0 saturated carbocycles. The van der Waals surface area contributed by atoms with Gasteiger partial charge in [-0.1, -0.05) is 90.8 Å². The summed E-state index contributed by atoms with van der Waals surface area (Å²) in [6.45, 7) is 9.94. The zero-order valence-corrected chi connectivity index (χ0v) is 11.9. The molecule has 0 amide bonds. The fourth-order valence-corrected chi connectivity index (χ4v) is 3.96. The van der Waals surface area contributed by atoms with Gasteiger partial charge < -0.3 is 0 Å². The average molecular weight is 250 g/mol. The highest BCUT2D eigenvalue weighted by Gasteiger charge is 2.09. The van der Waals surface area contributed by atoms with Crippen LogP contribution in [0, 0.1) is 0 Å². The molecule has 0 nitrogen and oxygen atoms in total. The summed E-state index contributed by atoms with van der Waals surface area (Å²) in [7, 11) is -1.05. The summed E-state index contributed by atoms with van der Waals surface area (Å²) >= 11 is 0. The van der Waals surface area contributed by atoms with Crippen LogP contribution in [-0.2, 0) is 0 Å². The molecular weight excluding hydrogens is 232 g/mol. The first-order valence-corrected chi connectivity index (χ1v) is 8.50. The van der Waals surface area contributed by atoms with Gasteiger partial charge in [-0.2, -0.15) is 0 Å². The summed E-state index contributed by atoms with van der Waals surface area (Å²) in [4.78, 5) is 0. The van der Waals surface area contributed by atoms with Crippen molar-refractivity contribution in [2.75, 3.05) is 0 Å². The van der Waals surface area contributed by atoms with Crippen LogP contribution in [0.4, 0.5) is 0 Å². The summed E-state index contributed by atoms with van der Waals surface area (Å²) < 4.78 is 0. The summed E-state index contributed by atoms with van der Waals surface area (Å²) in [5.74, 6) is 0. The molecule has 0 N–H and O–H groups in total. The lowest BCUT2D eigenvalue weighted by atomic mass is 10.2. The van der Waals surface area contributed by atoms with Crippen molar-refractivity contribution in [3.05, 3.63) is 72.8 Å². The van der Waals surface area contributed by atoms with Crippen molar-refractivity contribution >= 4 is 31.3 Å². The second-order valence-electron chi connectivity index (χ2n) is 4.46. The maximum absolute atomic E-state index is 3.78. The predicted octanol–water partition coefficient (Wildman–Crippen LogP) is 2.94. The first kappa shape index (κ1) is 12.6. The van der Waals surface area contributed by atoms with Crippen molar-refractivity contribution < 1.29 is 0 Å². The standard InChI is InChI=1S/C17H18Si/c1-4-14-6-10-16(11-7-14)18(3)17-12-8-15(5-2)9-13-17/h4-13,18H,1-2H2,3H3. The van der Waals surface area contributed by atoms with Crippen molar-refractivity contribution in [3.8, 4) is 0 Å². The molecule has 0 aromatic heterocycles. The van der Waals surface area contributed by atoms with Crippen LogP contribution in [0.3, 0.4) is 0 Å². The SMILES string of the molecule is C=Cc1ccc([SiH](C)c2ccc(C=C)cc2)cc1. The van der Waals surface area contributed by atoms with Crippen LogP contribution in [0.15, 0.2) is 61.7 Å². The van der Waals surface area contributed by atoms with Crippen LogP contribution in [0.5, 0.6) is 0 Å². The number of rotatable bonds is 4. The molecule has 18 heavy (non-hydrogen) atoms. The minimum absolute atomic E-state index is 1.05. The van der Waals surface area contributed by atoms with Crippen LogP contribution in [-0.4, -0.2) is 8.80 Å². The first-order valence-electron chi connectivity index (χ1n) is 6.19. The molecule has 2 aromatic carbocycles. The fourth-order valence-electron chi connectivity index (χ4n) is 2.03. The topological polar surface area (TPSA) is 0 Å². The van der Waals surface area contributed by atoms with Gasteiger partial charge >= 0.3 is 0 Å². The lowest BCUT2D eigenvalue weighted by Gasteiger charge is -2.11. The normalized spacial score (nSPS) is 10.3. The van der Waals surface area contributed by atoms with Crippen LogP contribution >= 0.6 is 0 Å². The quantitative estimate of drug-likeness (QED) is 0.732. The van der Waals surface area contributed by atoms with Crippen LogP contribution in [0.25, 0.3) is 12.2 Å². The van der Waals surface area contributed by atoms with E-state index in [0.717, 1.165) is 0 Å². The highest BCUT2D eigenvalue weighted by Crippen LogP contribution is 2.02. The third-order valence-electron chi connectivity index (χ3n) is 3.34. The van der Waals surface area contributed by atoms with Crippen molar-refractivity contribution in [1.29, 1.82) is 0 Å². The average Bonchev–Trinajstić information content (AvgIpc) is 2.47. The van der Waals surface area contributed by atoms with Gasteiger partial charge in [0.2, 0.25) is 0 Å². The van der Waals surface area contributed by atoms with Crippen molar-refractivity contribution in [1.82, 2.24) is 0 Å². The van der Waals surface area contributed by atoms with Crippen LogP contribution in [0.1, 0.15) is 11.1 Å². The summed E-state index contributed by atoms with van der Waals surface area (Å²) in [6.07, 6.45) is 3.77. The van der Waals surface area contributed by atoms with Gasteiger partial charge in [0, 0.05) is 0 Å². The Hall–Kier alpha value is -1.86. The molecule has 90 valence electrons. The van der Waals surface area contributed by atoms with Gasteiger partial charge in [0.1, 0.15) is 0 Å². The Balaban J connectivity index is 2.25. The Kier molecular flexibility index (Phi) is 3.95. The Bertz CT molecular complexity index is 483. The second-order valence-corrected chi connectivity index (χ2v) is 7.24. The van der Waals surface area contributed by atoms with Crippen LogP contribution < -0.4 is 10.4 Å². The van der Waals surface area contributed by atoms with Gasteiger partial charge in [-0.15, -0.1) is 0 Å². The van der Waals surface area contributed by atoms with Gasteiger partial charge in [0.15, 0.2) is 0 Å². The van der Waals surface area contributed by atoms with Gasteiger partial charge in [0.05, 0.1) is 8.80 Å². The Morgan fingerprint density at radius 2 is 1.06 bits per heavy atom. The van der Waals surface area contributed by atoms with E-state index in [0.29, 0.717) is 0 Å². The third kappa shape index (κ3) is 2.69. The molecule has 0 saturated heterocycles. The van der Waals surface area contributed by atoms with Gasteiger partial charge in [-0.3, -0.25) is 0 Å². The number of benzene rings is 2. The Labute approximate surface area is 111 Å². The molecule has 0 fully saturated rings. The summed E-state index contributed by atoms with van der Waals surface area (Å²) in [5, 5.41) is 2.93. The minimum Gasteiger partial charge on any atom is -0.0985 e. The molecule has 0 aliphatic carbocycles. The lowest BCUT2D eigenvalue weighted by Crippen LogP contribution is -2.38. The van der Waals surface area contributed by atoms with E-state index in [4.69, 9.17) is 0 Å². The number of hydrogen-bond donors (Lipinski definition) is 0. The molecule has 0 heterocycles.